The zero-order valence-corrected chi connectivity index (χ0v) is 12.5. The van der Waals surface area contributed by atoms with Crippen LogP contribution >= 0.6 is 0 Å². The highest BCUT2D eigenvalue weighted by atomic mass is 15.2. The molecule has 1 aromatic heterocycles. The quantitative estimate of drug-likeness (QED) is 0.780. The second-order valence-electron chi connectivity index (χ2n) is 5.99. The van der Waals surface area contributed by atoms with Crippen molar-refractivity contribution in [3.8, 4) is 0 Å². The summed E-state index contributed by atoms with van der Waals surface area (Å²) in [7, 11) is 0. The van der Waals surface area contributed by atoms with Gasteiger partial charge in [-0.05, 0) is 36.9 Å². The Bertz CT molecular complexity index is 368. The minimum absolute atomic E-state index is 0.730. The van der Waals surface area contributed by atoms with Gasteiger partial charge in [-0.3, -0.25) is 9.88 Å². The SMILES string of the molecule is CCNCc1ccc(CN(CC(C)C)C2CC2)nc1. The van der Waals surface area contributed by atoms with Crippen LogP contribution in [-0.2, 0) is 13.1 Å². The number of hydrogen-bond donors (Lipinski definition) is 1. The second-order valence-corrected chi connectivity index (χ2v) is 5.99. The Morgan fingerprint density at radius 1 is 1.37 bits per heavy atom. The Hall–Kier alpha value is -0.930. The standard InChI is InChI=1S/C16H27N3/c1-4-17-9-14-5-6-15(18-10-14)12-19(11-13(2)3)16-7-8-16/h5-6,10,13,16-17H,4,7-9,11-12H2,1-3H3. The van der Waals surface area contributed by atoms with E-state index >= 15 is 0 Å². The number of pyridine rings is 1. The highest BCUT2D eigenvalue weighted by molar-refractivity contribution is 5.14. The summed E-state index contributed by atoms with van der Waals surface area (Å²) in [5.74, 6) is 0.730. The average Bonchev–Trinajstić information content (AvgIpc) is 3.21. The molecule has 0 bridgehead atoms. The molecule has 0 aromatic carbocycles. The molecule has 1 saturated carbocycles. The zero-order chi connectivity index (χ0) is 13.7. The molecule has 106 valence electrons. The maximum Gasteiger partial charge on any atom is 0.0544 e. The first-order valence-corrected chi connectivity index (χ1v) is 7.57. The molecule has 3 heteroatoms. The first-order valence-electron chi connectivity index (χ1n) is 7.57. The fraction of sp³-hybridized carbons (Fsp3) is 0.688. The van der Waals surface area contributed by atoms with Gasteiger partial charge in [0, 0.05) is 31.9 Å². The summed E-state index contributed by atoms with van der Waals surface area (Å²) in [6.07, 6.45) is 4.74. The maximum absolute atomic E-state index is 4.61. The van der Waals surface area contributed by atoms with Crippen molar-refractivity contribution in [3.05, 3.63) is 29.6 Å². The van der Waals surface area contributed by atoms with Gasteiger partial charge in [0.05, 0.1) is 5.69 Å². The van der Waals surface area contributed by atoms with Crippen molar-refractivity contribution in [1.82, 2.24) is 15.2 Å². The largest absolute Gasteiger partial charge is 0.313 e. The molecular formula is C16H27N3. The summed E-state index contributed by atoms with van der Waals surface area (Å²) in [4.78, 5) is 7.20. The minimum Gasteiger partial charge on any atom is -0.313 e. The van der Waals surface area contributed by atoms with Crippen molar-refractivity contribution in [1.29, 1.82) is 0 Å². The molecule has 1 aliphatic carbocycles. The van der Waals surface area contributed by atoms with Crippen LogP contribution < -0.4 is 5.32 Å². The third kappa shape index (κ3) is 4.92. The summed E-state index contributed by atoms with van der Waals surface area (Å²) in [5.41, 5.74) is 2.47. The van der Waals surface area contributed by atoms with E-state index in [0.29, 0.717) is 0 Å². The number of nitrogens with zero attached hydrogens (tertiary/aromatic N) is 2. The van der Waals surface area contributed by atoms with E-state index in [1.54, 1.807) is 0 Å². The molecule has 19 heavy (non-hydrogen) atoms. The van der Waals surface area contributed by atoms with Crippen LogP contribution in [0.4, 0.5) is 0 Å². The molecule has 1 heterocycles. The molecule has 0 saturated heterocycles. The van der Waals surface area contributed by atoms with Crippen molar-refractivity contribution >= 4 is 0 Å². The third-order valence-electron chi connectivity index (χ3n) is 3.49. The molecule has 0 unspecified atom stereocenters. The van der Waals surface area contributed by atoms with Crippen LogP contribution in [0.15, 0.2) is 18.3 Å². The van der Waals surface area contributed by atoms with Gasteiger partial charge in [0.15, 0.2) is 0 Å². The minimum atomic E-state index is 0.730. The zero-order valence-electron chi connectivity index (χ0n) is 12.5. The molecule has 1 fully saturated rings. The van der Waals surface area contributed by atoms with Gasteiger partial charge < -0.3 is 5.32 Å². The lowest BCUT2D eigenvalue weighted by Crippen LogP contribution is -2.29. The van der Waals surface area contributed by atoms with Crippen molar-refractivity contribution < 1.29 is 0 Å². The predicted molar refractivity (Wildman–Crippen MR) is 79.9 cm³/mol. The topological polar surface area (TPSA) is 28.2 Å². The van der Waals surface area contributed by atoms with Crippen LogP contribution in [0.3, 0.4) is 0 Å². The molecule has 1 aliphatic rings. The molecule has 1 N–H and O–H groups in total. The van der Waals surface area contributed by atoms with E-state index in [2.05, 4.69) is 48.1 Å². The van der Waals surface area contributed by atoms with E-state index in [-0.39, 0.29) is 0 Å². The molecule has 0 spiro atoms. The number of nitrogens with one attached hydrogen (secondary N) is 1. The lowest BCUT2D eigenvalue weighted by molar-refractivity contribution is 0.223. The maximum atomic E-state index is 4.61. The van der Waals surface area contributed by atoms with Crippen LogP contribution in [0.1, 0.15) is 44.9 Å². The first-order chi connectivity index (χ1) is 9.19. The molecule has 0 aliphatic heterocycles. The summed E-state index contributed by atoms with van der Waals surface area (Å²) < 4.78 is 0. The summed E-state index contributed by atoms with van der Waals surface area (Å²) in [6.45, 7) is 10.8. The molecule has 0 amide bonds. The van der Waals surface area contributed by atoms with E-state index in [1.165, 1.54) is 30.6 Å². The number of rotatable bonds is 8. The van der Waals surface area contributed by atoms with Crippen LogP contribution in [0.25, 0.3) is 0 Å². The average molecular weight is 261 g/mol. The first kappa shape index (κ1) is 14.5. The third-order valence-corrected chi connectivity index (χ3v) is 3.49. The van der Waals surface area contributed by atoms with E-state index in [1.807, 2.05) is 6.20 Å². The van der Waals surface area contributed by atoms with Gasteiger partial charge in [-0.2, -0.15) is 0 Å². The fourth-order valence-electron chi connectivity index (χ4n) is 2.38. The van der Waals surface area contributed by atoms with Gasteiger partial charge in [-0.25, -0.2) is 0 Å². The molecule has 2 rings (SSSR count). The smallest absolute Gasteiger partial charge is 0.0544 e. The Labute approximate surface area is 117 Å². The second kappa shape index (κ2) is 7.01. The Morgan fingerprint density at radius 3 is 2.68 bits per heavy atom. The summed E-state index contributed by atoms with van der Waals surface area (Å²) in [6, 6.07) is 5.19. The predicted octanol–water partition coefficient (Wildman–Crippen LogP) is 2.81. The molecule has 0 atom stereocenters. The highest BCUT2D eigenvalue weighted by Crippen LogP contribution is 2.28. The van der Waals surface area contributed by atoms with Crippen molar-refractivity contribution in [3.63, 3.8) is 0 Å². The van der Waals surface area contributed by atoms with Crippen molar-refractivity contribution in [2.75, 3.05) is 13.1 Å². The van der Waals surface area contributed by atoms with E-state index in [0.717, 1.165) is 31.6 Å². The highest BCUT2D eigenvalue weighted by Gasteiger charge is 2.29. The Morgan fingerprint density at radius 2 is 2.16 bits per heavy atom. The lowest BCUT2D eigenvalue weighted by Gasteiger charge is -2.23. The van der Waals surface area contributed by atoms with Crippen molar-refractivity contribution in [2.24, 2.45) is 5.92 Å². The normalized spacial score (nSPS) is 15.4. The van der Waals surface area contributed by atoms with E-state index < -0.39 is 0 Å². The van der Waals surface area contributed by atoms with Crippen LogP contribution in [0.2, 0.25) is 0 Å². The molecule has 0 radical (unpaired) electrons. The molecule has 3 nitrogen and oxygen atoms in total. The monoisotopic (exact) mass is 261 g/mol. The molecule has 1 aromatic rings. The summed E-state index contributed by atoms with van der Waals surface area (Å²) in [5, 5.41) is 3.33. The van der Waals surface area contributed by atoms with Crippen LogP contribution in [-0.4, -0.2) is 29.0 Å². The Kier molecular flexibility index (Phi) is 5.34. The van der Waals surface area contributed by atoms with Gasteiger partial charge >= 0.3 is 0 Å². The van der Waals surface area contributed by atoms with Gasteiger partial charge in [-0.1, -0.05) is 26.8 Å². The van der Waals surface area contributed by atoms with Crippen LogP contribution in [0.5, 0.6) is 0 Å². The van der Waals surface area contributed by atoms with Crippen molar-refractivity contribution in [2.45, 2.75) is 52.7 Å². The van der Waals surface area contributed by atoms with E-state index in [4.69, 9.17) is 0 Å². The van der Waals surface area contributed by atoms with Gasteiger partial charge in [0.25, 0.3) is 0 Å². The van der Waals surface area contributed by atoms with Gasteiger partial charge in [0.1, 0.15) is 0 Å². The Balaban J connectivity index is 1.89. The summed E-state index contributed by atoms with van der Waals surface area (Å²) >= 11 is 0. The molecular weight excluding hydrogens is 234 g/mol. The van der Waals surface area contributed by atoms with E-state index in [9.17, 15) is 0 Å². The number of hydrogen-bond acceptors (Lipinski definition) is 3. The van der Waals surface area contributed by atoms with Crippen LogP contribution in [0, 0.1) is 5.92 Å². The number of aromatic nitrogens is 1. The lowest BCUT2D eigenvalue weighted by atomic mass is 10.2. The fourth-order valence-corrected chi connectivity index (χ4v) is 2.38. The van der Waals surface area contributed by atoms with Gasteiger partial charge in [0.2, 0.25) is 0 Å². The van der Waals surface area contributed by atoms with Gasteiger partial charge in [-0.15, -0.1) is 0 Å².